The number of nitrogens with one attached hydrogen (secondary N) is 2. The third kappa shape index (κ3) is 4.93. The van der Waals surface area contributed by atoms with Gasteiger partial charge in [-0.25, -0.2) is 18.7 Å². The van der Waals surface area contributed by atoms with Gasteiger partial charge in [-0.3, -0.25) is 4.79 Å². The van der Waals surface area contributed by atoms with E-state index in [2.05, 4.69) is 20.7 Å². The van der Waals surface area contributed by atoms with Gasteiger partial charge in [-0.05, 0) is 37.1 Å². The number of carbonyl (C=O) groups is 2. The van der Waals surface area contributed by atoms with Crippen molar-refractivity contribution < 1.29 is 28.6 Å². The first kappa shape index (κ1) is 27.3. The fourth-order valence-corrected chi connectivity index (χ4v) is 5.95. The molecule has 1 aliphatic heterocycles. The zero-order chi connectivity index (χ0) is 29.4. The Morgan fingerprint density at radius 1 is 1.14 bits per heavy atom. The molecule has 0 spiro atoms. The lowest BCUT2D eigenvalue weighted by molar-refractivity contribution is 0.0765. The fourth-order valence-electron chi connectivity index (χ4n) is 5.95. The van der Waals surface area contributed by atoms with E-state index in [0.29, 0.717) is 35.6 Å². The molecule has 0 radical (unpaired) electrons. The minimum absolute atomic E-state index is 0.0141. The molecule has 1 saturated carbocycles. The van der Waals surface area contributed by atoms with Gasteiger partial charge in [-0.2, -0.15) is 5.10 Å². The Hall–Kier alpha value is -4.87. The van der Waals surface area contributed by atoms with Gasteiger partial charge in [0.2, 0.25) is 0 Å². The number of fused-ring (bicyclic) bond motifs is 2. The van der Waals surface area contributed by atoms with Crippen LogP contribution in [0.2, 0.25) is 0 Å². The molecule has 0 saturated heterocycles. The van der Waals surface area contributed by atoms with Crippen LogP contribution >= 0.6 is 0 Å². The van der Waals surface area contributed by atoms with Crippen molar-refractivity contribution in [3.63, 3.8) is 0 Å². The topological polar surface area (TPSA) is 130 Å². The van der Waals surface area contributed by atoms with E-state index in [-0.39, 0.29) is 42.0 Å². The molecule has 2 atom stereocenters. The highest BCUT2D eigenvalue weighted by Crippen LogP contribution is 2.39. The lowest BCUT2D eigenvalue weighted by Crippen LogP contribution is -2.48. The highest BCUT2D eigenvalue weighted by Gasteiger charge is 2.37. The summed E-state index contributed by atoms with van der Waals surface area (Å²) in [5.41, 5.74) is 2.80. The van der Waals surface area contributed by atoms with E-state index in [1.165, 1.54) is 0 Å². The summed E-state index contributed by atoms with van der Waals surface area (Å²) in [6, 6.07) is 10.1. The SMILES string of the molecule is COc1ccc(CN2Cc3c(F)c(N[C@@H]4CCCC[C@@H]4NC(=O)O)nc(-c4cnn5ccccc45)c3C2=O)c(OC)c1. The van der Waals surface area contributed by atoms with Crippen molar-refractivity contribution in [3.05, 3.63) is 71.3 Å². The van der Waals surface area contributed by atoms with E-state index < -0.39 is 18.0 Å². The Labute approximate surface area is 241 Å². The van der Waals surface area contributed by atoms with Crippen molar-refractivity contribution in [3.8, 4) is 22.8 Å². The number of ether oxygens (including phenoxy) is 2. The largest absolute Gasteiger partial charge is 0.497 e. The fraction of sp³-hybridized carbons (Fsp3) is 0.333. The van der Waals surface area contributed by atoms with Gasteiger partial charge >= 0.3 is 6.09 Å². The summed E-state index contributed by atoms with van der Waals surface area (Å²) in [7, 11) is 3.10. The molecule has 1 aliphatic carbocycles. The van der Waals surface area contributed by atoms with Crippen LogP contribution in [0.15, 0.2) is 48.8 Å². The van der Waals surface area contributed by atoms with Crippen LogP contribution in [0.5, 0.6) is 11.5 Å². The number of carboxylic acid groups (broad SMARTS) is 1. The molecular formula is C30H31FN6O5. The summed E-state index contributed by atoms with van der Waals surface area (Å²) in [4.78, 5) is 31.6. The molecule has 1 aromatic carbocycles. The predicted molar refractivity (Wildman–Crippen MR) is 152 cm³/mol. The van der Waals surface area contributed by atoms with Crippen molar-refractivity contribution in [2.24, 2.45) is 0 Å². The molecule has 42 heavy (non-hydrogen) atoms. The van der Waals surface area contributed by atoms with Crippen LogP contribution in [0.25, 0.3) is 16.8 Å². The van der Waals surface area contributed by atoms with Crippen LogP contribution in [0.4, 0.5) is 15.0 Å². The molecule has 3 N–H and O–H groups in total. The first-order valence-electron chi connectivity index (χ1n) is 13.8. The second-order valence-corrected chi connectivity index (χ2v) is 10.5. The third-order valence-electron chi connectivity index (χ3n) is 8.02. The molecule has 2 aliphatic rings. The number of methoxy groups -OCH3 is 2. The molecule has 2 amide bonds. The number of pyridine rings is 2. The number of rotatable bonds is 8. The first-order chi connectivity index (χ1) is 20.4. The van der Waals surface area contributed by atoms with Crippen LogP contribution in [-0.2, 0) is 13.1 Å². The third-order valence-corrected chi connectivity index (χ3v) is 8.02. The van der Waals surface area contributed by atoms with Gasteiger partial charge in [-0.1, -0.05) is 18.9 Å². The quantitative estimate of drug-likeness (QED) is 0.276. The molecule has 0 unspecified atom stereocenters. The number of amides is 2. The predicted octanol–water partition coefficient (Wildman–Crippen LogP) is 4.70. The molecule has 0 bridgehead atoms. The molecule has 6 rings (SSSR count). The molecular weight excluding hydrogens is 543 g/mol. The van der Waals surface area contributed by atoms with Gasteiger partial charge in [0.1, 0.15) is 11.5 Å². The first-order valence-corrected chi connectivity index (χ1v) is 13.8. The average Bonchev–Trinajstić information content (AvgIpc) is 3.57. The normalized spacial score (nSPS) is 18.2. The van der Waals surface area contributed by atoms with Gasteiger partial charge in [-0.15, -0.1) is 0 Å². The van der Waals surface area contributed by atoms with Gasteiger partial charge in [0.15, 0.2) is 11.6 Å². The van der Waals surface area contributed by atoms with Crippen LogP contribution in [0.3, 0.4) is 0 Å². The van der Waals surface area contributed by atoms with Crippen LogP contribution in [-0.4, -0.2) is 62.9 Å². The van der Waals surface area contributed by atoms with E-state index in [9.17, 15) is 14.7 Å². The zero-order valence-electron chi connectivity index (χ0n) is 23.3. The van der Waals surface area contributed by atoms with Gasteiger partial charge in [0.05, 0.1) is 49.8 Å². The Kier molecular flexibility index (Phi) is 7.27. The number of carbonyl (C=O) groups excluding carboxylic acids is 1. The Bertz CT molecular complexity index is 1670. The minimum Gasteiger partial charge on any atom is -0.497 e. The number of hydrogen-bond donors (Lipinski definition) is 3. The number of nitrogens with zero attached hydrogens (tertiary/aromatic N) is 4. The lowest BCUT2D eigenvalue weighted by Gasteiger charge is -2.32. The van der Waals surface area contributed by atoms with Crippen LogP contribution in [0.1, 0.15) is 47.2 Å². The van der Waals surface area contributed by atoms with Gasteiger partial charge in [0.25, 0.3) is 5.91 Å². The standard InChI is InChI=1S/C30H31FN6O5/c1-41-18-11-10-17(24(13-18)42-2)15-36-16-20-25(29(36)38)27(19-14-32-37-12-6-5-9-23(19)37)35-28(26(20)31)33-21-7-3-4-8-22(21)34-30(39)40/h5-6,9-14,21-22,34H,3-4,7-8,15-16H2,1-2H3,(H,33,35)(H,39,40)/t21-,22+/m1/s1. The zero-order valence-corrected chi connectivity index (χ0v) is 23.3. The summed E-state index contributed by atoms with van der Waals surface area (Å²) in [5, 5.41) is 19.5. The molecule has 1 fully saturated rings. The summed E-state index contributed by atoms with van der Waals surface area (Å²) in [6.07, 6.45) is 5.31. The Morgan fingerprint density at radius 3 is 2.71 bits per heavy atom. The van der Waals surface area contributed by atoms with E-state index in [1.807, 2.05) is 24.3 Å². The Balaban J connectivity index is 1.42. The van der Waals surface area contributed by atoms with E-state index in [4.69, 9.17) is 9.47 Å². The maximum absolute atomic E-state index is 16.3. The number of halogens is 1. The second kappa shape index (κ2) is 11.2. The van der Waals surface area contributed by atoms with E-state index >= 15 is 4.39 Å². The molecule has 218 valence electrons. The number of hydrogen-bond acceptors (Lipinski definition) is 7. The van der Waals surface area contributed by atoms with Crippen molar-refractivity contribution >= 4 is 23.3 Å². The molecule has 12 heteroatoms. The molecule has 11 nitrogen and oxygen atoms in total. The summed E-state index contributed by atoms with van der Waals surface area (Å²) in [6.45, 7) is 0.213. The van der Waals surface area contributed by atoms with Gasteiger partial charge < -0.3 is 30.1 Å². The highest BCUT2D eigenvalue weighted by molar-refractivity contribution is 6.05. The van der Waals surface area contributed by atoms with E-state index in [0.717, 1.165) is 23.9 Å². The van der Waals surface area contributed by atoms with Crippen molar-refractivity contribution in [2.75, 3.05) is 19.5 Å². The summed E-state index contributed by atoms with van der Waals surface area (Å²) in [5.74, 6) is 0.180. The number of aromatic nitrogens is 3. The molecule has 4 aromatic rings. The number of anilines is 1. The monoisotopic (exact) mass is 574 g/mol. The minimum atomic E-state index is -1.13. The highest BCUT2D eigenvalue weighted by atomic mass is 19.1. The molecule has 3 aromatic heterocycles. The number of benzene rings is 1. The molecule has 4 heterocycles. The maximum Gasteiger partial charge on any atom is 0.404 e. The van der Waals surface area contributed by atoms with Crippen molar-refractivity contribution in [2.45, 2.75) is 50.9 Å². The smallest absolute Gasteiger partial charge is 0.404 e. The van der Waals surface area contributed by atoms with Crippen LogP contribution in [0, 0.1) is 5.82 Å². The maximum atomic E-state index is 16.3. The Morgan fingerprint density at radius 2 is 1.95 bits per heavy atom. The second-order valence-electron chi connectivity index (χ2n) is 10.5. The summed E-state index contributed by atoms with van der Waals surface area (Å²) < 4.78 is 28.8. The average molecular weight is 575 g/mol. The van der Waals surface area contributed by atoms with Gasteiger partial charge in [0, 0.05) is 41.5 Å². The summed E-state index contributed by atoms with van der Waals surface area (Å²) >= 11 is 0. The van der Waals surface area contributed by atoms with Crippen molar-refractivity contribution in [1.82, 2.24) is 24.8 Å². The van der Waals surface area contributed by atoms with E-state index in [1.54, 1.807) is 48.2 Å². The van der Waals surface area contributed by atoms with Crippen molar-refractivity contribution in [1.29, 1.82) is 0 Å². The lowest BCUT2D eigenvalue weighted by atomic mass is 9.90. The van der Waals surface area contributed by atoms with Crippen LogP contribution < -0.4 is 20.1 Å².